The monoisotopic (exact) mass is 412 g/mol. The minimum Gasteiger partial charge on any atom is -0.493 e. The molecule has 2 aromatic rings. The molecule has 0 spiro atoms. The Morgan fingerprint density at radius 2 is 2.03 bits per heavy atom. The molecule has 0 saturated carbocycles. The number of amides is 2. The lowest BCUT2D eigenvalue weighted by atomic mass is 10.1. The summed E-state index contributed by atoms with van der Waals surface area (Å²) in [5, 5.41) is 2.87. The van der Waals surface area contributed by atoms with Crippen molar-refractivity contribution in [2.75, 3.05) is 34.4 Å². The Hall–Kier alpha value is -3.13. The lowest BCUT2D eigenvalue weighted by Crippen LogP contribution is -2.56. The molecular weight excluding hydrogens is 384 g/mol. The number of piperazine rings is 1. The minimum absolute atomic E-state index is 0.0972. The first-order valence-corrected chi connectivity index (χ1v) is 9.88. The second kappa shape index (κ2) is 10.1. The van der Waals surface area contributed by atoms with Gasteiger partial charge in [-0.15, -0.1) is 0 Å². The molecule has 1 N–H and O–H groups in total. The molecule has 2 amide bonds. The molecular formula is C22H28N4O4. The fourth-order valence-electron chi connectivity index (χ4n) is 3.53. The first-order chi connectivity index (χ1) is 14.5. The van der Waals surface area contributed by atoms with E-state index in [2.05, 4.69) is 10.3 Å². The molecule has 8 heteroatoms. The molecule has 0 aliphatic carbocycles. The van der Waals surface area contributed by atoms with Gasteiger partial charge in [-0.25, -0.2) is 0 Å². The van der Waals surface area contributed by atoms with Gasteiger partial charge in [0.1, 0.15) is 0 Å². The van der Waals surface area contributed by atoms with E-state index >= 15 is 0 Å². The van der Waals surface area contributed by atoms with Gasteiger partial charge in [0.25, 0.3) is 0 Å². The number of hydrogen-bond acceptors (Lipinski definition) is 6. The van der Waals surface area contributed by atoms with Crippen LogP contribution in [0.15, 0.2) is 42.6 Å². The summed E-state index contributed by atoms with van der Waals surface area (Å²) in [6.45, 7) is 2.17. The Labute approximate surface area is 176 Å². The summed E-state index contributed by atoms with van der Waals surface area (Å²) in [7, 11) is 4.92. The van der Waals surface area contributed by atoms with Crippen molar-refractivity contribution in [3.63, 3.8) is 0 Å². The van der Waals surface area contributed by atoms with Gasteiger partial charge >= 0.3 is 0 Å². The van der Waals surface area contributed by atoms with Gasteiger partial charge in [0.2, 0.25) is 11.8 Å². The van der Waals surface area contributed by atoms with Crippen LogP contribution in [0.3, 0.4) is 0 Å². The first-order valence-electron chi connectivity index (χ1n) is 9.88. The van der Waals surface area contributed by atoms with E-state index < -0.39 is 6.04 Å². The normalized spacial score (nSPS) is 16.6. The number of benzene rings is 1. The van der Waals surface area contributed by atoms with E-state index in [1.807, 2.05) is 41.3 Å². The van der Waals surface area contributed by atoms with Gasteiger partial charge in [-0.1, -0.05) is 12.1 Å². The molecule has 1 aliphatic rings. The van der Waals surface area contributed by atoms with Crippen LogP contribution in [0.4, 0.5) is 0 Å². The van der Waals surface area contributed by atoms with Crippen molar-refractivity contribution in [2.45, 2.75) is 25.6 Å². The maximum Gasteiger partial charge on any atom is 0.237 e. The lowest BCUT2D eigenvalue weighted by molar-refractivity contribution is -0.138. The molecule has 1 fully saturated rings. The van der Waals surface area contributed by atoms with Crippen molar-refractivity contribution in [2.24, 2.45) is 0 Å². The van der Waals surface area contributed by atoms with E-state index in [0.29, 0.717) is 37.7 Å². The standard InChI is InChI=1S/C22H28N4O4/c1-25(15-17-6-4-5-9-23-17)21(27)13-18-22(28)24-10-11-26(18)14-16-7-8-19(29-2)20(12-16)30-3/h4-9,12,18H,10-11,13-15H2,1-3H3,(H,24,28)/t18-/m0/s1. The van der Waals surface area contributed by atoms with Crippen molar-refractivity contribution < 1.29 is 19.1 Å². The number of methoxy groups -OCH3 is 2. The second-order valence-electron chi connectivity index (χ2n) is 7.24. The quantitative estimate of drug-likeness (QED) is 0.707. The maximum absolute atomic E-state index is 12.8. The lowest BCUT2D eigenvalue weighted by Gasteiger charge is -2.35. The van der Waals surface area contributed by atoms with Crippen molar-refractivity contribution >= 4 is 11.8 Å². The van der Waals surface area contributed by atoms with E-state index in [1.165, 1.54) is 0 Å². The Balaban J connectivity index is 1.68. The van der Waals surface area contributed by atoms with E-state index in [1.54, 1.807) is 32.4 Å². The molecule has 0 unspecified atom stereocenters. The third-order valence-corrected chi connectivity index (χ3v) is 5.19. The number of aromatic nitrogens is 1. The molecule has 1 aliphatic heterocycles. The predicted octanol–water partition coefficient (Wildman–Crippen LogP) is 1.45. The summed E-state index contributed by atoms with van der Waals surface area (Å²) in [5.74, 6) is 1.07. The van der Waals surface area contributed by atoms with Gasteiger partial charge in [-0.3, -0.25) is 19.5 Å². The average molecular weight is 412 g/mol. The van der Waals surface area contributed by atoms with E-state index in [0.717, 1.165) is 11.3 Å². The Morgan fingerprint density at radius 1 is 1.23 bits per heavy atom. The smallest absolute Gasteiger partial charge is 0.237 e. The van der Waals surface area contributed by atoms with Gasteiger partial charge in [0.05, 0.1) is 38.9 Å². The summed E-state index contributed by atoms with van der Waals surface area (Å²) in [6, 6.07) is 10.8. The molecule has 2 heterocycles. The molecule has 1 aromatic heterocycles. The van der Waals surface area contributed by atoms with Crippen LogP contribution in [0, 0.1) is 0 Å². The Morgan fingerprint density at radius 3 is 2.73 bits per heavy atom. The highest BCUT2D eigenvalue weighted by molar-refractivity contribution is 5.88. The number of rotatable bonds is 8. The molecule has 160 valence electrons. The van der Waals surface area contributed by atoms with Crippen LogP contribution in [0.5, 0.6) is 11.5 Å². The highest BCUT2D eigenvalue weighted by Gasteiger charge is 2.32. The van der Waals surface area contributed by atoms with Crippen molar-refractivity contribution in [3.8, 4) is 11.5 Å². The van der Waals surface area contributed by atoms with E-state index in [9.17, 15) is 9.59 Å². The van der Waals surface area contributed by atoms with Gasteiger partial charge in [0, 0.05) is 32.9 Å². The molecule has 3 rings (SSSR count). The fraction of sp³-hybridized carbons (Fsp3) is 0.409. The van der Waals surface area contributed by atoms with Crippen LogP contribution in [0.2, 0.25) is 0 Å². The number of nitrogens with one attached hydrogen (secondary N) is 1. The molecule has 30 heavy (non-hydrogen) atoms. The SMILES string of the molecule is COc1ccc(CN2CCNC(=O)[C@@H]2CC(=O)N(C)Cc2ccccn2)cc1OC. The van der Waals surface area contributed by atoms with Gasteiger partial charge in [0.15, 0.2) is 11.5 Å². The molecule has 1 saturated heterocycles. The molecule has 0 bridgehead atoms. The minimum atomic E-state index is -0.523. The number of carbonyl (C=O) groups excluding carboxylic acids is 2. The zero-order valence-electron chi connectivity index (χ0n) is 17.6. The van der Waals surface area contributed by atoms with Crippen LogP contribution in [0.1, 0.15) is 17.7 Å². The molecule has 1 aromatic carbocycles. The van der Waals surface area contributed by atoms with Crippen molar-refractivity contribution in [1.29, 1.82) is 0 Å². The number of ether oxygens (including phenoxy) is 2. The van der Waals surface area contributed by atoms with E-state index in [4.69, 9.17) is 9.47 Å². The summed E-state index contributed by atoms with van der Waals surface area (Å²) in [6.07, 6.45) is 1.82. The summed E-state index contributed by atoms with van der Waals surface area (Å²) < 4.78 is 10.7. The van der Waals surface area contributed by atoms with E-state index in [-0.39, 0.29) is 18.2 Å². The predicted molar refractivity (Wildman–Crippen MR) is 112 cm³/mol. The van der Waals surface area contributed by atoms with Crippen LogP contribution < -0.4 is 14.8 Å². The van der Waals surface area contributed by atoms with Crippen LogP contribution in [-0.2, 0) is 22.7 Å². The Kier molecular flexibility index (Phi) is 7.24. The van der Waals surface area contributed by atoms with Gasteiger partial charge in [-0.2, -0.15) is 0 Å². The van der Waals surface area contributed by atoms with Crippen LogP contribution in [0.25, 0.3) is 0 Å². The van der Waals surface area contributed by atoms with Crippen LogP contribution in [-0.4, -0.2) is 67.0 Å². The zero-order chi connectivity index (χ0) is 21.5. The zero-order valence-corrected chi connectivity index (χ0v) is 17.6. The van der Waals surface area contributed by atoms with Crippen molar-refractivity contribution in [3.05, 3.63) is 53.9 Å². The third kappa shape index (κ3) is 5.27. The highest BCUT2D eigenvalue weighted by Crippen LogP contribution is 2.28. The number of carbonyl (C=O) groups is 2. The molecule has 0 radical (unpaired) electrons. The fourth-order valence-corrected chi connectivity index (χ4v) is 3.53. The maximum atomic E-state index is 12.8. The number of pyridine rings is 1. The topological polar surface area (TPSA) is 84.0 Å². The summed E-state index contributed by atoms with van der Waals surface area (Å²) in [4.78, 5) is 33.3. The van der Waals surface area contributed by atoms with Crippen LogP contribution >= 0.6 is 0 Å². The number of hydrogen-bond donors (Lipinski definition) is 1. The van der Waals surface area contributed by atoms with Gasteiger partial charge in [-0.05, 0) is 29.8 Å². The third-order valence-electron chi connectivity index (χ3n) is 5.19. The first kappa shape index (κ1) is 21.6. The summed E-state index contributed by atoms with van der Waals surface area (Å²) >= 11 is 0. The van der Waals surface area contributed by atoms with Crippen molar-refractivity contribution in [1.82, 2.24) is 20.1 Å². The average Bonchev–Trinajstić information content (AvgIpc) is 2.76. The number of nitrogens with zero attached hydrogens (tertiary/aromatic N) is 3. The molecule has 8 nitrogen and oxygen atoms in total. The largest absolute Gasteiger partial charge is 0.493 e. The van der Waals surface area contributed by atoms with Gasteiger partial charge < -0.3 is 19.7 Å². The summed E-state index contributed by atoms with van der Waals surface area (Å²) in [5.41, 5.74) is 1.80. The second-order valence-corrected chi connectivity index (χ2v) is 7.24. The Bertz CT molecular complexity index is 875. The highest BCUT2D eigenvalue weighted by atomic mass is 16.5. The molecule has 1 atom stereocenters.